The minimum Gasteiger partial charge on any atom is -0.493 e. The van der Waals surface area contributed by atoms with Crippen molar-refractivity contribution in [2.24, 2.45) is 0 Å². The molecule has 0 heterocycles. The number of carbonyl (C=O) groups is 2. The van der Waals surface area contributed by atoms with Crippen molar-refractivity contribution in [3.05, 3.63) is 149 Å². The summed E-state index contributed by atoms with van der Waals surface area (Å²) in [7, 11) is 1.52. The van der Waals surface area contributed by atoms with Crippen LogP contribution in [0.4, 0.5) is 9.59 Å². The molecule has 0 unspecified atom stereocenters. The molecule has 0 aliphatic rings. The molecule has 7 heteroatoms. The summed E-state index contributed by atoms with van der Waals surface area (Å²) in [5.74, 6) is 1.86. The maximum Gasteiger partial charge on any atom is 0.519 e. The zero-order valence-corrected chi connectivity index (χ0v) is 28.1. The molecule has 0 aliphatic carbocycles. The first-order valence-corrected chi connectivity index (χ1v) is 15.8. The van der Waals surface area contributed by atoms with Crippen LogP contribution in [0.3, 0.4) is 0 Å². The predicted molar refractivity (Wildman–Crippen MR) is 186 cm³/mol. The van der Waals surface area contributed by atoms with E-state index in [0.29, 0.717) is 23.0 Å². The Morgan fingerprint density at radius 2 is 0.896 bits per heavy atom. The molecule has 0 atom stereocenters. The summed E-state index contributed by atoms with van der Waals surface area (Å²) in [6.07, 6.45) is -0.841. The molecule has 0 N–H and O–H groups in total. The summed E-state index contributed by atoms with van der Waals surface area (Å²) in [5, 5.41) is 0. The van der Waals surface area contributed by atoms with E-state index in [2.05, 4.69) is 39.8 Å². The number of aryl methyl sites for hydroxylation is 1. The first-order chi connectivity index (χ1) is 23.0. The monoisotopic (exact) mass is 644 g/mol. The third kappa shape index (κ3) is 7.86. The third-order valence-corrected chi connectivity index (χ3v) is 8.66. The predicted octanol–water partition coefficient (Wildman–Crippen LogP) is 10.1. The van der Waals surface area contributed by atoms with Crippen LogP contribution in [0, 0.1) is 0 Å². The Kier molecular flexibility index (Phi) is 10.2. The molecule has 0 saturated carbocycles. The Morgan fingerprint density at radius 3 is 1.29 bits per heavy atom. The summed E-state index contributed by atoms with van der Waals surface area (Å²) in [4.78, 5) is 25.0. The lowest BCUT2D eigenvalue weighted by Gasteiger charge is -2.26. The molecule has 0 amide bonds. The average molecular weight is 645 g/mol. The number of benzene rings is 5. The van der Waals surface area contributed by atoms with Crippen molar-refractivity contribution in [1.29, 1.82) is 0 Å². The summed E-state index contributed by atoms with van der Waals surface area (Å²) in [6, 6.07) is 37.6. The van der Waals surface area contributed by atoms with Gasteiger partial charge in [0.2, 0.25) is 0 Å². The highest BCUT2D eigenvalue weighted by Gasteiger charge is 2.25. The van der Waals surface area contributed by atoms with E-state index < -0.39 is 17.7 Å². The molecule has 5 rings (SSSR count). The minimum atomic E-state index is -0.859. The van der Waals surface area contributed by atoms with Crippen molar-refractivity contribution in [2.75, 3.05) is 7.11 Å². The Morgan fingerprint density at radius 1 is 0.500 bits per heavy atom. The topological polar surface area (TPSA) is 80.3 Å². The van der Waals surface area contributed by atoms with Gasteiger partial charge in [0.25, 0.3) is 0 Å². The molecule has 7 nitrogen and oxygen atoms in total. The Bertz CT molecular complexity index is 1840. The highest BCUT2D eigenvalue weighted by Crippen LogP contribution is 2.35. The van der Waals surface area contributed by atoms with Gasteiger partial charge in [0.15, 0.2) is 11.5 Å². The van der Waals surface area contributed by atoms with Gasteiger partial charge < -0.3 is 23.7 Å². The fourth-order valence-electron chi connectivity index (χ4n) is 5.44. The number of ether oxygens (including phenoxy) is 5. The average Bonchev–Trinajstić information content (AvgIpc) is 3.09. The summed E-state index contributed by atoms with van der Waals surface area (Å²) < 4.78 is 27.0. The van der Waals surface area contributed by atoms with Crippen LogP contribution in [0.25, 0.3) is 0 Å². The summed E-state index contributed by atoms with van der Waals surface area (Å²) in [5.41, 5.74) is 4.76. The van der Waals surface area contributed by atoms with Crippen LogP contribution in [0.1, 0.15) is 62.4 Å². The largest absolute Gasteiger partial charge is 0.519 e. The third-order valence-electron chi connectivity index (χ3n) is 8.66. The van der Waals surface area contributed by atoms with Crippen molar-refractivity contribution >= 4 is 12.3 Å². The van der Waals surface area contributed by atoms with E-state index >= 15 is 0 Å². The molecule has 0 spiro atoms. The molecule has 246 valence electrons. The maximum atomic E-state index is 12.6. The first-order valence-electron chi connectivity index (χ1n) is 15.8. The molecular weight excluding hydrogens is 604 g/mol. The van der Waals surface area contributed by atoms with Gasteiger partial charge in [-0.1, -0.05) is 107 Å². The lowest BCUT2D eigenvalue weighted by atomic mass is 9.78. The van der Waals surface area contributed by atoms with E-state index in [4.69, 9.17) is 23.7 Å². The van der Waals surface area contributed by atoms with Crippen LogP contribution in [0.15, 0.2) is 121 Å². The van der Waals surface area contributed by atoms with E-state index in [0.717, 1.165) is 28.7 Å². The van der Waals surface area contributed by atoms with E-state index in [-0.39, 0.29) is 11.2 Å². The van der Waals surface area contributed by atoms with E-state index in [1.165, 1.54) is 12.7 Å². The number of hydrogen-bond acceptors (Lipinski definition) is 7. The van der Waals surface area contributed by atoms with Gasteiger partial charge in [-0.25, -0.2) is 9.59 Å². The summed E-state index contributed by atoms with van der Waals surface area (Å²) >= 11 is 0. The molecule has 0 aliphatic heterocycles. The SMILES string of the molecule is CCc1ccc(OC(=O)Oc2ccc(C(C)(C)c3ccc(OC(=O)Oc4ccc(C(C)(C)c5ccccc5)cc4)cc3)cc2)c(OC)c1. The molecule has 0 radical (unpaired) electrons. The van der Waals surface area contributed by atoms with Gasteiger partial charge in [-0.05, 0) is 82.8 Å². The van der Waals surface area contributed by atoms with Gasteiger partial charge in [0.05, 0.1) is 7.11 Å². The van der Waals surface area contributed by atoms with Crippen molar-refractivity contribution in [3.63, 3.8) is 0 Å². The van der Waals surface area contributed by atoms with Gasteiger partial charge in [-0.15, -0.1) is 0 Å². The van der Waals surface area contributed by atoms with Gasteiger partial charge in [0, 0.05) is 10.8 Å². The molecular formula is C41H40O7. The molecule has 0 bridgehead atoms. The van der Waals surface area contributed by atoms with Gasteiger partial charge >= 0.3 is 12.3 Å². The number of rotatable bonds is 10. The lowest BCUT2D eigenvalue weighted by molar-refractivity contribution is 0.149. The van der Waals surface area contributed by atoms with Crippen molar-refractivity contribution in [2.45, 2.75) is 51.9 Å². The second-order valence-corrected chi connectivity index (χ2v) is 12.4. The second kappa shape index (κ2) is 14.5. The van der Waals surface area contributed by atoms with E-state index in [1.807, 2.05) is 73.7 Å². The second-order valence-electron chi connectivity index (χ2n) is 12.4. The molecule has 0 aromatic heterocycles. The van der Waals surface area contributed by atoms with Crippen molar-refractivity contribution in [1.82, 2.24) is 0 Å². The van der Waals surface area contributed by atoms with E-state index in [1.54, 1.807) is 42.5 Å². The Balaban J connectivity index is 1.16. The van der Waals surface area contributed by atoms with Crippen LogP contribution in [-0.2, 0) is 17.3 Å². The van der Waals surface area contributed by atoms with Crippen LogP contribution in [0.2, 0.25) is 0 Å². The fraction of sp³-hybridized carbons (Fsp3) is 0.220. The molecule has 5 aromatic carbocycles. The quantitative estimate of drug-likeness (QED) is 0.111. The van der Waals surface area contributed by atoms with Crippen LogP contribution in [0.5, 0.6) is 28.7 Å². The molecule has 0 saturated heterocycles. The van der Waals surface area contributed by atoms with Crippen LogP contribution < -0.4 is 23.7 Å². The van der Waals surface area contributed by atoms with E-state index in [9.17, 15) is 9.59 Å². The summed E-state index contributed by atoms with van der Waals surface area (Å²) in [6.45, 7) is 10.5. The molecule has 5 aromatic rings. The molecule has 48 heavy (non-hydrogen) atoms. The van der Waals surface area contributed by atoms with Crippen LogP contribution in [-0.4, -0.2) is 19.4 Å². The highest BCUT2D eigenvalue weighted by molar-refractivity contribution is 5.69. The fourth-order valence-corrected chi connectivity index (χ4v) is 5.44. The van der Waals surface area contributed by atoms with Crippen LogP contribution >= 0.6 is 0 Å². The lowest BCUT2D eigenvalue weighted by Crippen LogP contribution is -2.19. The van der Waals surface area contributed by atoms with Gasteiger partial charge in [0.1, 0.15) is 17.2 Å². The smallest absolute Gasteiger partial charge is 0.493 e. The molecule has 0 fully saturated rings. The normalized spacial score (nSPS) is 11.4. The Labute approximate surface area is 282 Å². The number of hydrogen-bond donors (Lipinski definition) is 0. The maximum absolute atomic E-state index is 12.6. The zero-order chi connectivity index (χ0) is 34.3. The standard InChI is InChI=1S/C41H40O7/c1-7-28-13-26-36(37(27-28)44-6)48-39(43)47-35-24-18-32(19-25-35)41(4,5)31-16-22-34(23-17-31)46-38(42)45-33-20-14-30(15-21-33)40(2,3)29-11-9-8-10-12-29/h8-27H,7H2,1-6H3. The first kappa shape index (κ1) is 33.8. The Hall–Kier alpha value is -5.56. The number of carbonyl (C=O) groups excluding carboxylic acids is 2. The number of methoxy groups -OCH3 is 1. The minimum absolute atomic E-state index is 0.198. The van der Waals surface area contributed by atoms with Gasteiger partial charge in [-0.2, -0.15) is 0 Å². The van der Waals surface area contributed by atoms with Crippen molar-refractivity contribution < 1.29 is 33.3 Å². The van der Waals surface area contributed by atoms with Crippen molar-refractivity contribution in [3.8, 4) is 28.7 Å². The zero-order valence-electron chi connectivity index (χ0n) is 28.1. The van der Waals surface area contributed by atoms with Gasteiger partial charge in [-0.3, -0.25) is 0 Å². The highest BCUT2D eigenvalue weighted by atomic mass is 16.7.